The zero-order valence-corrected chi connectivity index (χ0v) is 14.1. The lowest BCUT2D eigenvalue weighted by atomic mass is 10.4. The molecule has 0 aliphatic rings. The van der Waals surface area contributed by atoms with Crippen molar-refractivity contribution in [1.29, 1.82) is 0 Å². The second-order valence-electron chi connectivity index (χ2n) is 5.88. The van der Waals surface area contributed by atoms with Gasteiger partial charge in [0.15, 0.2) is 5.75 Å². The van der Waals surface area contributed by atoms with E-state index in [0.717, 1.165) is 6.04 Å². The first kappa shape index (κ1) is 17.7. The molecule has 0 bridgehead atoms. The van der Waals surface area contributed by atoms with E-state index in [1.165, 1.54) is 10.9 Å². The highest BCUT2D eigenvalue weighted by Gasteiger charge is 2.17. The number of aromatic nitrogens is 2. The molecule has 1 rings (SSSR count). The van der Waals surface area contributed by atoms with Crippen molar-refractivity contribution < 1.29 is 24.1 Å². The molecule has 0 saturated carbocycles. The van der Waals surface area contributed by atoms with Gasteiger partial charge in [-0.3, -0.25) is 0 Å². The zero-order valence-electron chi connectivity index (χ0n) is 13.1. The van der Waals surface area contributed by atoms with Crippen molar-refractivity contribution in [2.45, 2.75) is 32.4 Å². The number of hydrogen-bond acceptors (Lipinski definition) is 5. The van der Waals surface area contributed by atoms with Crippen LogP contribution in [0.2, 0.25) is 25.7 Å². The Morgan fingerprint density at radius 3 is 2.62 bits per heavy atom. The lowest BCUT2D eigenvalue weighted by molar-refractivity contribution is 0.0668. The van der Waals surface area contributed by atoms with Crippen LogP contribution in [-0.2, 0) is 16.2 Å². The normalized spacial score (nSPS) is 11.6. The molecule has 0 spiro atoms. The molecule has 21 heavy (non-hydrogen) atoms. The van der Waals surface area contributed by atoms with Crippen molar-refractivity contribution in [2.24, 2.45) is 0 Å². The fourth-order valence-electron chi connectivity index (χ4n) is 1.49. The van der Waals surface area contributed by atoms with Crippen LogP contribution in [-0.4, -0.2) is 55.9 Å². The van der Waals surface area contributed by atoms with Gasteiger partial charge in [-0.25, -0.2) is 9.48 Å². The van der Waals surface area contributed by atoms with Crippen molar-refractivity contribution >= 4 is 14.0 Å². The van der Waals surface area contributed by atoms with Crippen LogP contribution >= 0.6 is 0 Å². The molecule has 8 heteroatoms. The number of hydrogen-bond donors (Lipinski definition) is 1. The first-order valence-corrected chi connectivity index (χ1v) is 10.5. The van der Waals surface area contributed by atoms with Crippen LogP contribution < -0.4 is 4.74 Å². The van der Waals surface area contributed by atoms with Crippen LogP contribution in [0.4, 0.5) is 0 Å². The molecule has 1 heterocycles. The van der Waals surface area contributed by atoms with E-state index in [1.54, 1.807) is 7.11 Å². The average molecular weight is 316 g/mol. The van der Waals surface area contributed by atoms with Gasteiger partial charge in [0.25, 0.3) is 0 Å². The van der Waals surface area contributed by atoms with Gasteiger partial charge < -0.3 is 19.3 Å². The SMILES string of the molecule is COCCOc1cn(COCC[Si](C)(C)C)nc1C(=O)O. The van der Waals surface area contributed by atoms with Crippen molar-refractivity contribution in [3.63, 3.8) is 0 Å². The molecule has 0 aromatic carbocycles. The summed E-state index contributed by atoms with van der Waals surface area (Å²) in [5.74, 6) is -0.892. The summed E-state index contributed by atoms with van der Waals surface area (Å²) in [5, 5.41) is 13.1. The van der Waals surface area contributed by atoms with E-state index in [9.17, 15) is 4.79 Å². The van der Waals surface area contributed by atoms with E-state index in [1.807, 2.05) is 0 Å². The van der Waals surface area contributed by atoms with Gasteiger partial charge >= 0.3 is 5.97 Å². The quantitative estimate of drug-likeness (QED) is 0.524. The van der Waals surface area contributed by atoms with Crippen LogP contribution in [0.5, 0.6) is 5.75 Å². The Hall–Kier alpha value is -1.38. The minimum absolute atomic E-state index is 0.111. The Bertz CT molecular complexity index is 456. The fraction of sp³-hybridized carbons (Fsp3) is 0.692. The van der Waals surface area contributed by atoms with Gasteiger partial charge in [-0.05, 0) is 6.04 Å². The molecule has 1 N–H and O–H groups in total. The number of nitrogens with zero attached hydrogens (tertiary/aromatic N) is 2. The number of carbonyl (C=O) groups is 1. The van der Waals surface area contributed by atoms with Gasteiger partial charge in [-0.1, -0.05) is 19.6 Å². The smallest absolute Gasteiger partial charge is 0.360 e. The number of ether oxygens (including phenoxy) is 3. The van der Waals surface area contributed by atoms with E-state index < -0.39 is 14.0 Å². The van der Waals surface area contributed by atoms with Crippen LogP contribution in [0.25, 0.3) is 0 Å². The van der Waals surface area contributed by atoms with E-state index in [0.29, 0.717) is 13.2 Å². The maximum absolute atomic E-state index is 11.1. The second kappa shape index (κ2) is 8.16. The van der Waals surface area contributed by atoms with Crippen LogP contribution in [0.1, 0.15) is 10.5 Å². The summed E-state index contributed by atoms with van der Waals surface area (Å²) in [4.78, 5) is 11.1. The lowest BCUT2D eigenvalue weighted by Gasteiger charge is -2.15. The third-order valence-corrected chi connectivity index (χ3v) is 4.40. The number of aromatic carboxylic acids is 1. The Morgan fingerprint density at radius 2 is 2.05 bits per heavy atom. The minimum Gasteiger partial charge on any atom is -0.487 e. The lowest BCUT2D eigenvalue weighted by Crippen LogP contribution is -2.22. The molecule has 0 fully saturated rings. The molecular formula is C13H24N2O5Si. The van der Waals surface area contributed by atoms with Crippen molar-refractivity contribution in [2.75, 3.05) is 26.9 Å². The van der Waals surface area contributed by atoms with Crippen molar-refractivity contribution in [1.82, 2.24) is 9.78 Å². The van der Waals surface area contributed by atoms with Gasteiger partial charge in [0, 0.05) is 21.8 Å². The topological polar surface area (TPSA) is 82.8 Å². The predicted octanol–water partition coefficient (Wildman–Crippen LogP) is 1.92. The van der Waals surface area contributed by atoms with E-state index in [2.05, 4.69) is 24.7 Å². The third kappa shape index (κ3) is 6.74. The molecule has 0 aliphatic carbocycles. The van der Waals surface area contributed by atoms with Gasteiger partial charge in [0.05, 0.1) is 12.8 Å². The summed E-state index contributed by atoms with van der Waals surface area (Å²) in [6.07, 6.45) is 1.54. The van der Waals surface area contributed by atoms with Crippen molar-refractivity contribution in [3.05, 3.63) is 11.9 Å². The molecular weight excluding hydrogens is 292 g/mol. The largest absolute Gasteiger partial charge is 0.487 e. The summed E-state index contributed by atoms with van der Waals surface area (Å²) in [5.41, 5.74) is -0.111. The molecule has 0 amide bonds. The zero-order chi connectivity index (χ0) is 15.9. The molecule has 0 aliphatic heterocycles. The molecule has 7 nitrogen and oxygen atoms in total. The highest BCUT2D eigenvalue weighted by atomic mass is 28.3. The van der Waals surface area contributed by atoms with E-state index >= 15 is 0 Å². The Labute approximate surface area is 125 Å². The maximum Gasteiger partial charge on any atom is 0.360 e. The Balaban J connectivity index is 2.54. The Morgan fingerprint density at radius 1 is 1.33 bits per heavy atom. The highest BCUT2D eigenvalue weighted by Crippen LogP contribution is 2.17. The number of carboxylic acid groups (broad SMARTS) is 1. The summed E-state index contributed by atoms with van der Waals surface area (Å²) < 4.78 is 17.2. The van der Waals surface area contributed by atoms with Crippen molar-refractivity contribution in [3.8, 4) is 5.75 Å². The number of methoxy groups -OCH3 is 1. The predicted molar refractivity (Wildman–Crippen MR) is 80.7 cm³/mol. The third-order valence-electron chi connectivity index (χ3n) is 2.70. The fourth-order valence-corrected chi connectivity index (χ4v) is 2.25. The van der Waals surface area contributed by atoms with E-state index in [-0.39, 0.29) is 24.8 Å². The summed E-state index contributed by atoms with van der Waals surface area (Å²) in [6.45, 7) is 8.35. The van der Waals surface area contributed by atoms with Crippen LogP contribution in [0.15, 0.2) is 6.20 Å². The standard InChI is InChI=1S/C13H24N2O5Si/c1-18-5-6-20-11-9-15(14-12(11)13(16)17)10-19-7-8-21(2,3)4/h9H,5-8,10H2,1-4H3,(H,16,17). The van der Waals surface area contributed by atoms with Gasteiger partial charge in [-0.15, -0.1) is 0 Å². The Kier molecular flexibility index (Phi) is 6.86. The summed E-state index contributed by atoms with van der Waals surface area (Å²) in [7, 11) is 0.425. The second-order valence-corrected chi connectivity index (χ2v) is 11.5. The number of rotatable bonds is 10. The monoisotopic (exact) mass is 316 g/mol. The summed E-state index contributed by atoms with van der Waals surface area (Å²) >= 11 is 0. The maximum atomic E-state index is 11.1. The molecule has 1 aromatic rings. The minimum atomic E-state index is -1.13. The van der Waals surface area contributed by atoms with Gasteiger partial charge in [0.1, 0.15) is 13.3 Å². The van der Waals surface area contributed by atoms with Crippen LogP contribution in [0.3, 0.4) is 0 Å². The first-order chi connectivity index (χ1) is 9.83. The molecule has 0 radical (unpaired) electrons. The molecule has 0 saturated heterocycles. The number of carboxylic acids is 1. The highest BCUT2D eigenvalue weighted by molar-refractivity contribution is 6.76. The molecule has 0 unspecified atom stereocenters. The molecule has 0 atom stereocenters. The van der Waals surface area contributed by atoms with Gasteiger partial charge in [-0.2, -0.15) is 5.10 Å². The van der Waals surface area contributed by atoms with Gasteiger partial charge in [0.2, 0.25) is 5.69 Å². The molecule has 1 aromatic heterocycles. The first-order valence-electron chi connectivity index (χ1n) is 6.84. The van der Waals surface area contributed by atoms with E-state index in [4.69, 9.17) is 19.3 Å². The molecule has 120 valence electrons. The average Bonchev–Trinajstić information content (AvgIpc) is 2.77. The van der Waals surface area contributed by atoms with Crippen LogP contribution in [0, 0.1) is 0 Å². The summed E-state index contributed by atoms with van der Waals surface area (Å²) in [6, 6.07) is 1.05.